The minimum Gasteiger partial charge on any atom is -0.449 e. The average molecular weight is 252 g/mol. The number of anilines is 1. The van der Waals surface area contributed by atoms with Gasteiger partial charge in [-0.25, -0.2) is 9.48 Å². The summed E-state index contributed by atoms with van der Waals surface area (Å²) in [7, 11) is 0. The van der Waals surface area contributed by atoms with E-state index in [0.717, 1.165) is 25.2 Å². The first kappa shape index (κ1) is 12.9. The summed E-state index contributed by atoms with van der Waals surface area (Å²) >= 11 is 0. The highest BCUT2D eigenvalue weighted by Crippen LogP contribution is 2.23. The maximum Gasteiger partial charge on any atom is 0.415 e. The molecule has 6 heteroatoms. The van der Waals surface area contributed by atoms with Gasteiger partial charge in [0.15, 0.2) is 0 Å². The molecule has 0 aromatic carbocycles. The molecular weight excluding hydrogens is 232 g/mol. The third-order valence-corrected chi connectivity index (χ3v) is 3.12. The molecule has 100 valence electrons. The molecule has 2 heterocycles. The van der Waals surface area contributed by atoms with E-state index in [1.165, 1.54) is 0 Å². The van der Waals surface area contributed by atoms with E-state index in [1.54, 1.807) is 11.1 Å². The van der Waals surface area contributed by atoms with Crippen LogP contribution in [0.1, 0.15) is 19.8 Å². The van der Waals surface area contributed by atoms with Gasteiger partial charge in [-0.15, -0.1) is 0 Å². The molecule has 0 saturated carbocycles. The topological polar surface area (TPSA) is 73.4 Å². The minimum absolute atomic E-state index is 0.233. The van der Waals surface area contributed by atoms with Crippen LogP contribution in [0.4, 0.5) is 10.6 Å². The smallest absolute Gasteiger partial charge is 0.415 e. The maximum absolute atomic E-state index is 12.0. The van der Waals surface area contributed by atoms with Gasteiger partial charge in [0.2, 0.25) is 0 Å². The number of carbonyl (C=O) groups is 1. The van der Waals surface area contributed by atoms with Crippen molar-refractivity contribution in [3.63, 3.8) is 0 Å². The fourth-order valence-electron chi connectivity index (χ4n) is 2.05. The van der Waals surface area contributed by atoms with Crippen LogP contribution < -0.4 is 10.6 Å². The predicted octanol–water partition coefficient (Wildman–Crippen LogP) is 1.21. The van der Waals surface area contributed by atoms with E-state index >= 15 is 0 Å². The Morgan fingerprint density at radius 3 is 3.17 bits per heavy atom. The molecule has 18 heavy (non-hydrogen) atoms. The van der Waals surface area contributed by atoms with Crippen LogP contribution in [0.15, 0.2) is 12.3 Å². The first-order valence-electron chi connectivity index (χ1n) is 6.42. The van der Waals surface area contributed by atoms with Crippen molar-refractivity contribution >= 4 is 11.9 Å². The number of hydrogen-bond donors (Lipinski definition) is 1. The van der Waals surface area contributed by atoms with Crippen LogP contribution in [0.25, 0.3) is 0 Å². The SMILES string of the molecule is CCCCOC(=O)N1CC(CN)Cn2nccc21. The Morgan fingerprint density at radius 1 is 1.61 bits per heavy atom. The van der Waals surface area contributed by atoms with Gasteiger partial charge in [-0.3, -0.25) is 4.90 Å². The van der Waals surface area contributed by atoms with Crippen LogP contribution in [0, 0.1) is 5.92 Å². The molecule has 6 nitrogen and oxygen atoms in total. The second kappa shape index (κ2) is 5.86. The molecule has 1 unspecified atom stereocenters. The second-order valence-corrected chi connectivity index (χ2v) is 4.55. The average Bonchev–Trinajstić information content (AvgIpc) is 2.85. The van der Waals surface area contributed by atoms with Gasteiger partial charge in [-0.05, 0) is 13.0 Å². The molecule has 0 aliphatic carbocycles. The maximum atomic E-state index is 12.0. The van der Waals surface area contributed by atoms with Gasteiger partial charge in [-0.2, -0.15) is 5.10 Å². The molecule has 1 aromatic heterocycles. The quantitative estimate of drug-likeness (QED) is 0.817. The van der Waals surface area contributed by atoms with Crippen molar-refractivity contribution in [1.82, 2.24) is 9.78 Å². The fourth-order valence-corrected chi connectivity index (χ4v) is 2.05. The molecule has 1 aliphatic heterocycles. The number of amides is 1. The standard InChI is InChI=1S/C12H20N4O2/c1-2-3-6-18-12(17)15-8-10(7-13)9-16-11(15)4-5-14-16/h4-5,10H,2-3,6-9,13H2,1H3. The summed E-state index contributed by atoms with van der Waals surface area (Å²) in [6.07, 6.45) is 3.29. The van der Waals surface area contributed by atoms with Crippen molar-refractivity contribution in [3.8, 4) is 0 Å². The molecule has 1 aromatic rings. The van der Waals surface area contributed by atoms with Gasteiger partial charge >= 0.3 is 6.09 Å². The zero-order valence-electron chi connectivity index (χ0n) is 10.7. The molecule has 1 aliphatic rings. The number of nitrogens with zero attached hydrogens (tertiary/aromatic N) is 3. The highest BCUT2D eigenvalue weighted by Gasteiger charge is 2.29. The van der Waals surface area contributed by atoms with Crippen LogP contribution in [0.5, 0.6) is 0 Å². The lowest BCUT2D eigenvalue weighted by Crippen LogP contribution is -2.44. The Morgan fingerprint density at radius 2 is 2.44 bits per heavy atom. The Bertz CT molecular complexity index is 405. The summed E-state index contributed by atoms with van der Waals surface area (Å²) in [5.74, 6) is 1.03. The molecule has 1 atom stereocenters. The number of nitrogens with two attached hydrogens (primary N) is 1. The van der Waals surface area contributed by atoms with Gasteiger partial charge in [0, 0.05) is 25.1 Å². The molecule has 0 radical (unpaired) electrons. The van der Waals surface area contributed by atoms with Crippen molar-refractivity contribution in [2.45, 2.75) is 26.3 Å². The lowest BCUT2D eigenvalue weighted by atomic mass is 10.1. The van der Waals surface area contributed by atoms with Gasteiger partial charge in [-0.1, -0.05) is 13.3 Å². The summed E-state index contributed by atoms with van der Waals surface area (Å²) < 4.78 is 7.05. The Labute approximate surface area is 107 Å². The van der Waals surface area contributed by atoms with Crippen LogP contribution in [-0.4, -0.2) is 35.6 Å². The van der Waals surface area contributed by atoms with Crippen LogP contribution in [0.3, 0.4) is 0 Å². The van der Waals surface area contributed by atoms with Crippen molar-refractivity contribution in [1.29, 1.82) is 0 Å². The number of unbranched alkanes of at least 4 members (excludes halogenated alkanes) is 1. The number of carbonyl (C=O) groups excluding carboxylic acids is 1. The largest absolute Gasteiger partial charge is 0.449 e. The highest BCUT2D eigenvalue weighted by molar-refractivity contribution is 5.86. The normalized spacial score (nSPS) is 18.6. The van der Waals surface area contributed by atoms with E-state index in [1.807, 2.05) is 10.7 Å². The van der Waals surface area contributed by atoms with Gasteiger partial charge in [0.1, 0.15) is 5.82 Å². The summed E-state index contributed by atoms with van der Waals surface area (Å²) in [4.78, 5) is 13.6. The molecular formula is C12H20N4O2. The van der Waals surface area contributed by atoms with E-state index in [-0.39, 0.29) is 12.0 Å². The summed E-state index contributed by atoms with van der Waals surface area (Å²) in [6, 6.07) is 1.83. The van der Waals surface area contributed by atoms with Crippen molar-refractivity contribution in [3.05, 3.63) is 12.3 Å². The molecule has 0 saturated heterocycles. The lowest BCUT2D eigenvalue weighted by molar-refractivity contribution is 0.148. The van der Waals surface area contributed by atoms with Crippen LogP contribution in [-0.2, 0) is 11.3 Å². The van der Waals surface area contributed by atoms with Crippen molar-refractivity contribution < 1.29 is 9.53 Å². The Balaban J connectivity index is 2.05. The van der Waals surface area contributed by atoms with Gasteiger partial charge < -0.3 is 10.5 Å². The summed E-state index contributed by atoms with van der Waals surface area (Å²) in [5, 5.41) is 4.20. The predicted molar refractivity (Wildman–Crippen MR) is 68.4 cm³/mol. The second-order valence-electron chi connectivity index (χ2n) is 4.55. The van der Waals surface area contributed by atoms with E-state index in [2.05, 4.69) is 12.0 Å². The third-order valence-electron chi connectivity index (χ3n) is 3.12. The molecule has 1 amide bonds. The summed E-state index contributed by atoms with van der Waals surface area (Å²) in [5.41, 5.74) is 5.69. The first-order chi connectivity index (χ1) is 8.76. The lowest BCUT2D eigenvalue weighted by Gasteiger charge is -2.31. The molecule has 2 rings (SSSR count). The van der Waals surface area contributed by atoms with E-state index in [0.29, 0.717) is 19.7 Å². The van der Waals surface area contributed by atoms with E-state index < -0.39 is 0 Å². The zero-order chi connectivity index (χ0) is 13.0. The molecule has 0 bridgehead atoms. The highest BCUT2D eigenvalue weighted by atomic mass is 16.6. The number of aromatic nitrogens is 2. The monoisotopic (exact) mass is 252 g/mol. The van der Waals surface area contributed by atoms with E-state index in [4.69, 9.17) is 10.5 Å². The van der Waals surface area contributed by atoms with Crippen LogP contribution >= 0.6 is 0 Å². The zero-order valence-corrected chi connectivity index (χ0v) is 10.7. The number of ether oxygens (including phenoxy) is 1. The molecule has 0 fully saturated rings. The molecule has 0 spiro atoms. The van der Waals surface area contributed by atoms with Gasteiger partial charge in [0.25, 0.3) is 0 Å². The third kappa shape index (κ3) is 2.64. The Hall–Kier alpha value is -1.56. The van der Waals surface area contributed by atoms with Gasteiger partial charge in [0.05, 0.1) is 12.8 Å². The summed E-state index contributed by atoms with van der Waals surface area (Å²) in [6.45, 7) is 4.43. The van der Waals surface area contributed by atoms with Crippen LogP contribution in [0.2, 0.25) is 0 Å². The van der Waals surface area contributed by atoms with E-state index in [9.17, 15) is 4.79 Å². The Kier molecular flexibility index (Phi) is 4.19. The minimum atomic E-state index is -0.302. The number of hydrogen-bond acceptors (Lipinski definition) is 4. The molecule has 2 N–H and O–H groups in total. The van der Waals surface area contributed by atoms with Crippen molar-refractivity contribution in [2.75, 3.05) is 24.6 Å². The number of fused-ring (bicyclic) bond motifs is 1. The van der Waals surface area contributed by atoms with Crippen molar-refractivity contribution in [2.24, 2.45) is 11.7 Å². The fraction of sp³-hybridized carbons (Fsp3) is 0.667. The first-order valence-corrected chi connectivity index (χ1v) is 6.42. The number of rotatable bonds is 4.